The van der Waals surface area contributed by atoms with E-state index in [2.05, 4.69) is 25.7 Å². The summed E-state index contributed by atoms with van der Waals surface area (Å²) in [7, 11) is 4.05. The fraction of sp³-hybridized carbons (Fsp3) is 0.824. The number of carbonyl (C=O) groups is 1. The molecule has 0 aromatic carbocycles. The molecule has 0 aliphatic carbocycles. The van der Waals surface area contributed by atoms with Crippen molar-refractivity contribution in [2.75, 3.05) is 20.6 Å². The molecule has 0 bridgehead atoms. The van der Waals surface area contributed by atoms with Gasteiger partial charge in [-0.05, 0) is 38.8 Å². The van der Waals surface area contributed by atoms with Gasteiger partial charge in [0.15, 0.2) is 0 Å². The molecular weight excluding hydrogens is 250 g/mol. The van der Waals surface area contributed by atoms with Crippen LogP contribution in [0.5, 0.6) is 0 Å². The van der Waals surface area contributed by atoms with Gasteiger partial charge < -0.3 is 10.0 Å². The van der Waals surface area contributed by atoms with Gasteiger partial charge in [-0.2, -0.15) is 0 Å². The van der Waals surface area contributed by atoms with Gasteiger partial charge in [0.25, 0.3) is 0 Å². The molecule has 1 N–H and O–H groups in total. The van der Waals surface area contributed by atoms with E-state index in [0.717, 1.165) is 19.4 Å². The first-order valence-corrected chi connectivity index (χ1v) is 7.85. The third kappa shape index (κ3) is 10.0. The van der Waals surface area contributed by atoms with Gasteiger partial charge in [0.05, 0.1) is 0 Å². The summed E-state index contributed by atoms with van der Waals surface area (Å²) < 4.78 is 0. The third-order valence-corrected chi connectivity index (χ3v) is 3.39. The number of rotatable bonds is 11. The van der Waals surface area contributed by atoms with Crippen molar-refractivity contribution < 1.29 is 9.90 Å². The minimum absolute atomic E-state index is 0.00403. The van der Waals surface area contributed by atoms with Crippen molar-refractivity contribution in [2.24, 2.45) is 5.41 Å². The van der Waals surface area contributed by atoms with Crippen LogP contribution in [-0.4, -0.2) is 36.6 Å². The van der Waals surface area contributed by atoms with Crippen molar-refractivity contribution in [1.29, 1.82) is 0 Å². The van der Waals surface area contributed by atoms with E-state index in [1.807, 2.05) is 20.2 Å². The highest BCUT2D eigenvalue weighted by Gasteiger charge is 2.23. The van der Waals surface area contributed by atoms with E-state index in [1.165, 1.54) is 25.7 Å². The highest BCUT2D eigenvalue weighted by atomic mass is 16.4. The average Bonchev–Trinajstić information content (AvgIpc) is 2.30. The molecule has 0 saturated heterocycles. The SMILES string of the molecule is CCCCCCC/C=C(\CC(C)(C)CN(C)C)C(=O)O. The zero-order valence-corrected chi connectivity index (χ0v) is 14.0. The van der Waals surface area contributed by atoms with E-state index in [4.69, 9.17) is 0 Å². The number of carboxylic acid groups (broad SMARTS) is 1. The molecule has 0 amide bonds. The van der Waals surface area contributed by atoms with E-state index in [0.29, 0.717) is 12.0 Å². The van der Waals surface area contributed by atoms with Crippen molar-refractivity contribution in [3.8, 4) is 0 Å². The van der Waals surface area contributed by atoms with Gasteiger partial charge >= 0.3 is 5.97 Å². The molecule has 0 aliphatic rings. The first-order chi connectivity index (χ1) is 9.28. The molecule has 0 unspecified atom stereocenters. The van der Waals surface area contributed by atoms with Crippen molar-refractivity contribution >= 4 is 5.97 Å². The molecule has 0 aliphatic heterocycles. The van der Waals surface area contributed by atoms with Crippen LogP contribution < -0.4 is 0 Å². The minimum atomic E-state index is -0.759. The standard InChI is InChI=1S/C17H33NO2/c1-6-7-8-9-10-11-12-15(16(19)20)13-17(2,3)14-18(4)5/h12H,6-11,13-14H2,1-5H3,(H,19,20)/b15-12+. The predicted octanol–water partition coefficient (Wildman–Crippen LogP) is 4.34. The van der Waals surface area contributed by atoms with Crippen LogP contribution in [0.2, 0.25) is 0 Å². The topological polar surface area (TPSA) is 40.5 Å². The monoisotopic (exact) mass is 283 g/mol. The molecule has 0 aromatic heterocycles. The normalized spacial score (nSPS) is 13.0. The lowest BCUT2D eigenvalue weighted by Gasteiger charge is -2.28. The van der Waals surface area contributed by atoms with Gasteiger partial charge in [-0.3, -0.25) is 0 Å². The van der Waals surface area contributed by atoms with Gasteiger partial charge in [0, 0.05) is 12.1 Å². The smallest absolute Gasteiger partial charge is 0.331 e. The van der Waals surface area contributed by atoms with Crippen LogP contribution in [0.25, 0.3) is 0 Å². The number of allylic oxidation sites excluding steroid dienone is 1. The highest BCUT2D eigenvalue weighted by molar-refractivity contribution is 5.86. The molecule has 0 aromatic rings. The lowest BCUT2D eigenvalue weighted by molar-refractivity contribution is -0.133. The van der Waals surface area contributed by atoms with Crippen molar-refractivity contribution in [3.63, 3.8) is 0 Å². The second-order valence-electron chi connectivity index (χ2n) is 6.82. The number of unbranched alkanes of at least 4 members (excludes halogenated alkanes) is 5. The zero-order chi connectivity index (χ0) is 15.6. The summed E-state index contributed by atoms with van der Waals surface area (Å²) in [6.45, 7) is 7.36. The summed E-state index contributed by atoms with van der Waals surface area (Å²) in [6.07, 6.45) is 9.56. The highest BCUT2D eigenvalue weighted by Crippen LogP contribution is 2.26. The molecule has 0 fully saturated rings. The van der Waals surface area contributed by atoms with Crippen molar-refractivity contribution in [2.45, 2.75) is 65.7 Å². The maximum atomic E-state index is 11.3. The third-order valence-electron chi connectivity index (χ3n) is 3.39. The Bertz CT molecular complexity index is 306. The molecule has 3 nitrogen and oxygen atoms in total. The number of aliphatic carboxylic acids is 1. The summed E-state index contributed by atoms with van der Waals surface area (Å²) in [5.74, 6) is -0.759. The van der Waals surface area contributed by atoms with Gasteiger partial charge in [0.1, 0.15) is 0 Å². The van der Waals surface area contributed by atoms with E-state index < -0.39 is 5.97 Å². The molecule has 20 heavy (non-hydrogen) atoms. The quantitative estimate of drug-likeness (QED) is 0.453. The largest absolute Gasteiger partial charge is 0.478 e. The predicted molar refractivity (Wildman–Crippen MR) is 86.0 cm³/mol. The second kappa shape index (κ2) is 9.98. The Kier molecular flexibility index (Phi) is 9.56. The minimum Gasteiger partial charge on any atom is -0.478 e. The first kappa shape index (κ1) is 19.2. The van der Waals surface area contributed by atoms with Gasteiger partial charge in [-0.15, -0.1) is 0 Å². The lowest BCUT2D eigenvalue weighted by atomic mass is 9.84. The van der Waals surface area contributed by atoms with Crippen LogP contribution in [0.15, 0.2) is 11.6 Å². The summed E-state index contributed by atoms with van der Waals surface area (Å²) in [5, 5.41) is 9.33. The van der Waals surface area contributed by atoms with Crippen LogP contribution in [-0.2, 0) is 4.79 Å². The molecule has 0 radical (unpaired) electrons. The van der Waals surface area contributed by atoms with Crippen LogP contribution in [0.1, 0.15) is 65.7 Å². The molecule has 0 spiro atoms. The van der Waals surface area contributed by atoms with E-state index in [9.17, 15) is 9.90 Å². The number of carboxylic acids is 1. The Labute approximate surface area is 125 Å². The number of hydrogen-bond donors (Lipinski definition) is 1. The van der Waals surface area contributed by atoms with Crippen LogP contribution in [0.4, 0.5) is 0 Å². The molecule has 0 rings (SSSR count). The second-order valence-corrected chi connectivity index (χ2v) is 6.82. The molecule has 0 heterocycles. The van der Waals surface area contributed by atoms with Crippen LogP contribution in [0, 0.1) is 5.41 Å². The molecule has 118 valence electrons. The molecule has 0 atom stereocenters. The lowest BCUT2D eigenvalue weighted by Crippen LogP contribution is -2.29. The summed E-state index contributed by atoms with van der Waals surface area (Å²) in [5.41, 5.74) is 0.572. The first-order valence-electron chi connectivity index (χ1n) is 7.85. The van der Waals surface area contributed by atoms with Gasteiger partial charge in [0.2, 0.25) is 0 Å². The van der Waals surface area contributed by atoms with E-state index in [1.54, 1.807) is 0 Å². The summed E-state index contributed by atoms with van der Waals surface area (Å²) >= 11 is 0. The van der Waals surface area contributed by atoms with Crippen LogP contribution >= 0.6 is 0 Å². The fourth-order valence-electron chi connectivity index (χ4n) is 2.69. The van der Waals surface area contributed by atoms with Crippen LogP contribution in [0.3, 0.4) is 0 Å². The van der Waals surface area contributed by atoms with Crippen molar-refractivity contribution in [1.82, 2.24) is 4.90 Å². The Hall–Kier alpha value is -0.830. The zero-order valence-electron chi connectivity index (χ0n) is 14.0. The fourth-order valence-corrected chi connectivity index (χ4v) is 2.69. The molecule has 3 heteroatoms. The Morgan fingerprint density at radius 1 is 1.15 bits per heavy atom. The Morgan fingerprint density at radius 3 is 2.25 bits per heavy atom. The Morgan fingerprint density at radius 2 is 1.75 bits per heavy atom. The summed E-state index contributed by atoms with van der Waals surface area (Å²) in [6, 6.07) is 0. The number of nitrogens with zero attached hydrogens (tertiary/aromatic N) is 1. The maximum Gasteiger partial charge on any atom is 0.331 e. The summed E-state index contributed by atoms with van der Waals surface area (Å²) in [4.78, 5) is 13.5. The van der Waals surface area contributed by atoms with E-state index in [-0.39, 0.29) is 5.41 Å². The maximum absolute atomic E-state index is 11.3. The Balaban J connectivity index is 4.31. The molecular formula is C17H33NO2. The van der Waals surface area contributed by atoms with Crippen molar-refractivity contribution in [3.05, 3.63) is 11.6 Å². The van der Waals surface area contributed by atoms with Gasteiger partial charge in [-0.25, -0.2) is 4.79 Å². The van der Waals surface area contributed by atoms with Gasteiger partial charge in [-0.1, -0.05) is 52.5 Å². The number of hydrogen-bond acceptors (Lipinski definition) is 2. The molecule has 0 saturated carbocycles. The average molecular weight is 283 g/mol. The van der Waals surface area contributed by atoms with E-state index >= 15 is 0 Å².